The van der Waals surface area contributed by atoms with Crippen molar-refractivity contribution in [2.45, 2.75) is 6.92 Å². The van der Waals surface area contributed by atoms with Crippen LogP contribution in [0.1, 0.15) is 15.9 Å². The van der Waals surface area contributed by atoms with Gasteiger partial charge in [0.15, 0.2) is 0 Å². The summed E-state index contributed by atoms with van der Waals surface area (Å²) >= 11 is 0. The fourth-order valence-electron chi connectivity index (χ4n) is 3.14. The summed E-state index contributed by atoms with van der Waals surface area (Å²) in [6.07, 6.45) is 1.50. The van der Waals surface area contributed by atoms with E-state index in [0.717, 1.165) is 10.9 Å². The molecule has 2 aromatic rings. The number of carbonyl (C=O) groups is 1. The van der Waals surface area contributed by atoms with Crippen LogP contribution in [0.2, 0.25) is 0 Å². The van der Waals surface area contributed by atoms with E-state index in [1.165, 1.54) is 10.8 Å². The lowest BCUT2D eigenvalue weighted by molar-refractivity contribution is 0.0696. The van der Waals surface area contributed by atoms with E-state index in [9.17, 15) is 14.7 Å². The van der Waals surface area contributed by atoms with Crippen LogP contribution >= 0.6 is 0 Å². The third kappa shape index (κ3) is 1.88. The van der Waals surface area contributed by atoms with Crippen molar-refractivity contribution in [2.75, 3.05) is 0 Å². The van der Waals surface area contributed by atoms with Gasteiger partial charge < -0.3 is 9.52 Å². The fourth-order valence-corrected chi connectivity index (χ4v) is 3.14. The second-order valence-corrected chi connectivity index (χ2v) is 5.60. The molecule has 0 unspecified atom stereocenters. The number of furan rings is 1. The van der Waals surface area contributed by atoms with Gasteiger partial charge in [0.05, 0.1) is 11.4 Å². The zero-order valence-electron chi connectivity index (χ0n) is 12.8. The summed E-state index contributed by atoms with van der Waals surface area (Å²) in [7, 11) is 0. The lowest BCUT2D eigenvalue weighted by atomic mass is 10.1. The molecule has 5 nitrogen and oxygen atoms in total. The maximum absolute atomic E-state index is 12.8. The molecule has 0 amide bonds. The molecule has 5 heteroatoms. The van der Waals surface area contributed by atoms with E-state index in [1.54, 1.807) is 30.3 Å². The molecule has 0 bridgehead atoms. The Morgan fingerprint density at radius 3 is 2.67 bits per heavy atom. The minimum atomic E-state index is -1.24. The van der Waals surface area contributed by atoms with Crippen molar-refractivity contribution in [3.8, 4) is 16.9 Å². The highest BCUT2D eigenvalue weighted by molar-refractivity contribution is 5.98. The van der Waals surface area contributed by atoms with Gasteiger partial charge in [0.1, 0.15) is 17.4 Å². The number of aromatic carboxylic acids is 1. The number of aryl methyl sites for hydroxylation is 1. The number of aromatic nitrogens is 1. The minimum absolute atomic E-state index is 0.232. The molecule has 4 rings (SSSR count). The second-order valence-electron chi connectivity index (χ2n) is 5.60. The van der Waals surface area contributed by atoms with Gasteiger partial charge in [0.2, 0.25) is 0 Å². The Morgan fingerprint density at radius 2 is 1.88 bits per heavy atom. The number of rotatable bonds is 2. The number of nitrogens with zero attached hydrogens (tertiary/aromatic N) is 1. The minimum Gasteiger partial charge on any atom is -0.477 e. The van der Waals surface area contributed by atoms with Gasteiger partial charge in [0.25, 0.3) is 5.56 Å². The number of carboxylic acid groups (broad SMARTS) is 1. The first-order valence-electron chi connectivity index (χ1n) is 7.44. The summed E-state index contributed by atoms with van der Waals surface area (Å²) in [5.41, 5.74) is 2.31. The van der Waals surface area contributed by atoms with E-state index in [-0.39, 0.29) is 5.56 Å². The Morgan fingerprint density at radius 1 is 1.08 bits per heavy atom. The standard InChI is InChI=1S/C19H13NO4/c1-11-6-5-9-15-16(11)14(10-24-15)20-13-8-4-2-3-7-12(13)17(18(20)21)19(22)23/h2-10H,1H3,(H,22,23). The Balaban J connectivity index is 2.17. The third-order valence-corrected chi connectivity index (χ3v) is 4.19. The second kappa shape index (κ2) is 5.09. The lowest BCUT2D eigenvalue weighted by Gasteiger charge is -2.04. The fraction of sp³-hybridized carbons (Fsp3) is 0.0526. The molecule has 0 fully saturated rings. The Labute approximate surface area is 136 Å². The molecule has 0 radical (unpaired) electrons. The summed E-state index contributed by atoms with van der Waals surface area (Å²) in [5.74, 6) is -1.24. The number of hydrogen-bond donors (Lipinski definition) is 1. The van der Waals surface area contributed by atoms with Gasteiger partial charge in [-0.25, -0.2) is 4.79 Å². The topological polar surface area (TPSA) is 72.4 Å². The first-order chi connectivity index (χ1) is 11.6. The van der Waals surface area contributed by atoms with Crippen molar-refractivity contribution in [1.29, 1.82) is 0 Å². The molecule has 1 aromatic heterocycles. The van der Waals surface area contributed by atoms with Crippen molar-refractivity contribution in [3.05, 3.63) is 76.3 Å². The highest BCUT2D eigenvalue weighted by Crippen LogP contribution is 2.32. The molecule has 1 N–H and O–H groups in total. The molecule has 118 valence electrons. The molecular formula is C19H13NO4. The van der Waals surface area contributed by atoms with E-state index >= 15 is 0 Å². The van der Waals surface area contributed by atoms with Crippen molar-refractivity contribution >= 4 is 16.9 Å². The number of fused-ring (bicyclic) bond motifs is 2. The van der Waals surface area contributed by atoms with Crippen LogP contribution in [0, 0.1) is 6.92 Å². The monoisotopic (exact) mass is 319 g/mol. The highest BCUT2D eigenvalue weighted by atomic mass is 16.4. The summed E-state index contributed by atoms with van der Waals surface area (Å²) in [4.78, 5) is 24.4. The molecule has 1 aliphatic heterocycles. The molecule has 24 heavy (non-hydrogen) atoms. The van der Waals surface area contributed by atoms with Gasteiger partial charge >= 0.3 is 5.97 Å². The molecule has 1 aromatic carbocycles. The summed E-state index contributed by atoms with van der Waals surface area (Å²) in [6, 6.07) is 14.3. The SMILES string of the molecule is Cc1cccc2occ(-n3c4cccccc-4c(C(=O)O)c3=O)c12. The van der Waals surface area contributed by atoms with Gasteiger partial charge in [-0.15, -0.1) is 0 Å². The van der Waals surface area contributed by atoms with E-state index < -0.39 is 11.5 Å². The largest absolute Gasteiger partial charge is 0.477 e. The number of hydrogen-bond acceptors (Lipinski definition) is 3. The summed E-state index contributed by atoms with van der Waals surface area (Å²) in [5, 5.41) is 10.3. The number of carboxylic acids is 1. The van der Waals surface area contributed by atoms with Crippen LogP contribution in [-0.2, 0) is 0 Å². The Bertz CT molecular complexity index is 1120. The van der Waals surface area contributed by atoms with Crippen molar-refractivity contribution < 1.29 is 14.3 Å². The van der Waals surface area contributed by atoms with Gasteiger partial charge in [-0.05, 0) is 24.6 Å². The average Bonchev–Trinajstić information content (AvgIpc) is 2.98. The van der Waals surface area contributed by atoms with Crippen LogP contribution in [0.15, 0.2) is 64.0 Å². The van der Waals surface area contributed by atoms with E-state index in [4.69, 9.17) is 4.42 Å². The predicted octanol–water partition coefficient (Wildman–Crippen LogP) is 3.70. The maximum Gasteiger partial charge on any atom is 0.342 e. The third-order valence-electron chi connectivity index (χ3n) is 4.19. The van der Waals surface area contributed by atoms with E-state index in [1.807, 2.05) is 25.1 Å². The van der Waals surface area contributed by atoms with Crippen LogP contribution in [-0.4, -0.2) is 15.6 Å². The lowest BCUT2D eigenvalue weighted by Crippen LogP contribution is -2.18. The molecular weight excluding hydrogens is 306 g/mol. The van der Waals surface area contributed by atoms with Crippen LogP contribution in [0.25, 0.3) is 27.9 Å². The first kappa shape index (κ1) is 14.3. The van der Waals surface area contributed by atoms with Crippen LogP contribution in [0.5, 0.6) is 0 Å². The molecule has 0 atom stereocenters. The van der Waals surface area contributed by atoms with Gasteiger partial charge in [-0.2, -0.15) is 0 Å². The van der Waals surface area contributed by atoms with Crippen molar-refractivity contribution in [2.24, 2.45) is 0 Å². The van der Waals surface area contributed by atoms with Gasteiger partial charge in [0, 0.05) is 10.9 Å². The smallest absolute Gasteiger partial charge is 0.342 e. The Hall–Kier alpha value is -3.34. The van der Waals surface area contributed by atoms with Gasteiger partial charge in [-0.3, -0.25) is 9.36 Å². The highest BCUT2D eigenvalue weighted by Gasteiger charge is 2.27. The molecule has 2 aliphatic rings. The molecule has 1 aliphatic carbocycles. The van der Waals surface area contributed by atoms with E-state index in [0.29, 0.717) is 22.5 Å². The molecule has 0 saturated carbocycles. The zero-order chi connectivity index (χ0) is 16.8. The summed E-state index contributed by atoms with van der Waals surface area (Å²) in [6.45, 7) is 1.93. The maximum atomic E-state index is 12.8. The van der Waals surface area contributed by atoms with Crippen LogP contribution in [0.4, 0.5) is 0 Å². The van der Waals surface area contributed by atoms with Crippen molar-refractivity contribution in [3.63, 3.8) is 0 Å². The molecule has 0 spiro atoms. The van der Waals surface area contributed by atoms with E-state index in [2.05, 4.69) is 0 Å². The number of benzene rings is 1. The first-order valence-corrected chi connectivity index (χ1v) is 7.44. The quantitative estimate of drug-likeness (QED) is 0.611. The molecule has 0 saturated heterocycles. The zero-order valence-corrected chi connectivity index (χ0v) is 12.8. The normalized spacial score (nSPS) is 11.2. The Kier molecular flexibility index (Phi) is 3.03. The van der Waals surface area contributed by atoms with Crippen LogP contribution in [0.3, 0.4) is 0 Å². The summed E-state index contributed by atoms with van der Waals surface area (Å²) < 4.78 is 6.99. The van der Waals surface area contributed by atoms with Crippen LogP contribution < -0.4 is 5.56 Å². The molecule has 2 heterocycles. The average molecular weight is 319 g/mol. The van der Waals surface area contributed by atoms with Crippen molar-refractivity contribution in [1.82, 2.24) is 4.57 Å². The predicted molar refractivity (Wildman–Crippen MR) is 90.1 cm³/mol. The van der Waals surface area contributed by atoms with Gasteiger partial charge in [-0.1, -0.05) is 36.4 Å².